The molecule has 2 N–H and O–H groups in total. The second-order valence-electron chi connectivity index (χ2n) is 11.1. The van der Waals surface area contributed by atoms with Gasteiger partial charge >= 0.3 is 6.18 Å². The number of nitrogens with zero attached hydrogens (tertiary/aromatic N) is 3. The Kier molecular flexibility index (Phi) is 8.69. The highest BCUT2D eigenvalue weighted by molar-refractivity contribution is 6.33. The lowest BCUT2D eigenvalue weighted by Crippen LogP contribution is -2.43. The first-order valence-corrected chi connectivity index (χ1v) is 14.6. The third kappa shape index (κ3) is 6.42. The van der Waals surface area contributed by atoms with Gasteiger partial charge in [-0.25, -0.2) is 0 Å². The van der Waals surface area contributed by atoms with Crippen LogP contribution < -0.4 is 5.56 Å². The molecule has 3 aromatic rings. The van der Waals surface area contributed by atoms with Crippen molar-refractivity contribution in [3.05, 3.63) is 73.5 Å². The van der Waals surface area contributed by atoms with E-state index in [2.05, 4.69) is 4.98 Å². The lowest BCUT2D eigenvalue weighted by atomic mass is 9.94. The second-order valence-corrected chi connectivity index (χ2v) is 12.0. The maximum Gasteiger partial charge on any atom is 0.416 e. The molecule has 2 aromatic carbocycles. The molecule has 2 fully saturated rings. The van der Waals surface area contributed by atoms with Crippen LogP contribution in [0.5, 0.6) is 5.75 Å². The quantitative estimate of drug-likeness (QED) is 0.330. The van der Waals surface area contributed by atoms with Crippen LogP contribution >= 0.6 is 23.2 Å². The van der Waals surface area contributed by atoms with Crippen molar-refractivity contribution in [2.75, 3.05) is 20.1 Å². The highest BCUT2D eigenvalue weighted by Crippen LogP contribution is 2.40. The highest BCUT2D eigenvalue weighted by atomic mass is 35.5. The molecule has 13 heteroatoms. The molecule has 44 heavy (non-hydrogen) atoms. The van der Waals surface area contributed by atoms with Gasteiger partial charge in [-0.1, -0.05) is 23.2 Å². The largest absolute Gasteiger partial charge is 0.507 e. The van der Waals surface area contributed by atoms with Crippen LogP contribution in [0.3, 0.4) is 0 Å². The zero-order valence-corrected chi connectivity index (χ0v) is 25.0. The Morgan fingerprint density at radius 3 is 2.34 bits per heavy atom. The Hall–Kier alpha value is -4.01. The number of piperidine rings is 1. The average Bonchev–Trinajstić information content (AvgIpc) is 3.83. The number of rotatable bonds is 6. The molecule has 5 rings (SSSR count). The molecular weight excluding hydrogens is 620 g/mol. The Bertz CT molecular complexity index is 1740. The predicted molar refractivity (Wildman–Crippen MR) is 158 cm³/mol. The molecule has 0 atom stereocenters. The number of aromatic amines is 1. The van der Waals surface area contributed by atoms with Gasteiger partial charge in [0.2, 0.25) is 11.8 Å². The summed E-state index contributed by atoms with van der Waals surface area (Å²) in [7, 11) is 1.58. The van der Waals surface area contributed by atoms with E-state index in [4.69, 9.17) is 23.2 Å². The van der Waals surface area contributed by atoms with E-state index in [0.29, 0.717) is 25.9 Å². The fourth-order valence-corrected chi connectivity index (χ4v) is 5.96. The van der Waals surface area contributed by atoms with E-state index in [1.54, 1.807) is 13.1 Å². The molecule has 2 heterocycles. The molecule has 0 spiro atoms. The van der Waals surface area contributed by atoms with E-state index in [1.165, 1.54) is 23.1 Å². The van der Waals surface area contributed by atoms with E-state index < -0.39 is 22.9 Å². The number of alkyl halides is 3. The zero-order chi connectivity index (χ0) is 31.9. The number of aromatic hydroxyl groups is 1. The summed E-state index contributed by atoms with van der Waals surface area (Å²) >= 11 is 12.6. The van der Waals surface area contributed by atoms with Gasteiger partial charge in [0.05, 0.1) is 11.3 Å². The minimum Gasteiger partial charge on any atom is -0.507 e. The summed E-state index contributed by atoms with van der Waals surface area (Å²) in [6.07, 6.45) is -1.81. The molecule has 1 saturated carbocycles. The Balaban J connectivity index is 1.43. The van der Waals surface area contributed by atoms with Gasteiger partial charge in [0.25, 0.3) is 5.56 Å². The number of hydrogen-bond acceptors (Lipinski definition) is 5. The fourth-order valence-electron chi connectivity index (χ4n) is 5.50. The third-order valence-corrected chi connectivity index (χ3v) is 8.59. The molecule has 1 aromatic heterocycles. The van der Waals surface area contributed by atoms with Crippen molar-refractivity contribution in [3.63, 3.8) is 0 Å². The smallest absolute Gasteiger partial charge is 0.416 e. The van der Waals surface area contributed by atoms with Crippen LogP contribution in [-0.4, -0.2) is 51.8 Å². The topological polar surface area (TPSA) is 118 Å². The number of carbonyl (C=O) groups is 2. The maximum absolute atomic E-state index is 13.5. The van der Waals surface area contributed by atoms with E-state index in [-0.39, 0.29) is 73.9 Å². The summed E-state index contributed by atoms with van der Waals surface area (Å²) in [6.45, 7) is 0.985. The Morgan fingerprint density at radius 2 is 1.73 bits per heavy atom. The Morgan fingerprint density at radius 1 is 1.05 bits per heavy atom. The van der Waals surface area contributed by atoms with Crippen molar-refractivity contribution >= 4 is 35.0 Å². The van der Waals surface area contributed by atoms with Crippen LogP contribution in [0.4, 0.5) is 13.2 Å². The molecule has 0 radical (unpaired) electrons. The van der Waals surface area contributed by atoms with Crippen LogP contribution in [-0.2, 0) is 22.3 Å². The molecule has 1 aliphatic carbocycles. The van der Waals surface area contributed by atoms with Crippen LogP contribution in [0, 0.1) is 23.2 Å². The van der Waals surface area contributed by atoms with Gasteiger partial charge in [-0.2, -0.15) is 18.4 Å². The molecule has 8 nitrogen and oxygen atoms in total. The molecular formula is C31H27Cl2F3N4O4. The van der Waals surface area contributed by atoms with Crippen molar-refractivity contribution in [1.29, 1.82) is 5.26 Å². The zero-order valence-electron chi connectivity index (χ0n) is 23.5. The first-order chi connectivity index (χ1) is 20.8. The number of aromatic nitrogens is 1. The number of hydrogen-bond donors (Lipinski definition) is 2. The number of phenols is 1. The third-order valence-electron chi connectivity index (χ3n) is 8.04. The van der Waals surface area contributed by atoms with Gasteiger partial charge < -0.3 is 19.9 Å². The van der Waals surface area contributed by atoms with Gasteiger partial charge in [0, 0.05) is 70.8 Å². The van der Waals surface area contributed by atoms with Gasteiger partial charge in [0.1, 0.15) is 17.4 Å². The predicted octanol–water partition coefficient (Wildman–Crippen LogP) is 6.22. The number of carbonyl (C=O) groups excluding carboxylic acids is 2. The van der Waals surface area contributed by atoms with Crippen molar-refractivity contribution in [2.24, 2.45) is 11.8 Å². The summed E-state index contributed by atoms with van der Waals surface area (Å²) < 4.78 is 40.4. The van der Waals surface area contributed by atoms with E-state index in [0.717, 1.165) is 31.0 Å². The molecule has 230 valence electrons. The van der Waals surface area contributed by atoms with E-state index in [1.807, 2.05) is 4.90 Å². The van der Waals surface area contributed by atoms with Crippen molar-refractivity contribution in [1.82, 2.24) is 14.8 Å². The average molecular weight is 647 g/mol. The number of pyridine rings is 1. The molecule has 0 bridgehead atoms. The number of benzene rings is 2. The molecule has 0 unspecified atom stereocenters. The van der Waals surface area contributed by atoms with Crippen LogP contribution in [0.15, 0.2) is 41.2 Å². The van der Waals surface area contributed by atoms with Crippen LogP contribution in [0.1, 0.15) is 42.4 Å². The summed E-state index contributed by atoms with van der Waals surface area (Å²) in [5.74, 6) is -0.495. The molecule has 2 aliphatic rings. The van der Waals surface area contributed by atoms with Crippen molar-refractivity contribution in [3.8, 4) is 34.2 Å². The summed E-state index contributed by atoms with van der Waals surface area (Å²) in [4.78, 5) is 44.3. The van der Waals surface area contributed by atoms with E-state index in [9.17, 15) is 37.9 Å². The number of phenolic OH excluding ortho intramolecular Hbond substituents is 1. The summed E-state index contributed by atoms with van der Waals surface area (Å²) in [6, 6.07) is 8.34. The Labute approximate surface area is 260 Å². The number of nitrogens with one attached hydrogen (secondary N) is 1. The number of H-pyrrole nitrogens is 1. The first kappa shape index (κ1) is 31.4. The van der Waals surface area contributed by atoms with Gasteiger partial charge in [-0.3, -0.25) is 14.4 Å². The first-order valence-electron chi connectivity index (χ1n) is 13.9. The second kappa shape index (κ2) is 12.2. The summed E-state index contributed by atoms with van der Waals surface area (Å²) in [5, 5.41) is 20.9. The van der Waals surface area contributed by atoms with Gasteiger partial charge in [0.15, 0.2) is 0 Å². The van der Waals surface area contributed by atoms with Gasteiger partial charge in [-0.15, -0.1) is 0 Å². The monoisotopic (exact) mass is 646 g/mol. The van der Waals surface area contributed by atoms with Crippen LogP contribution in [0.25, 0.3) is 22.4 Å². The standard InChI is InChI=1S/C31H27Cl2F3N4O4/c1-39(29(43)17-6-8-40(9-7-17)30(44)16-2-3-16)15-18-10-20(32)12-23(27(18)41)26-13-21(24(14-37)28(42)38-26)22-11-19(31(34,35)36)4-5-25(22)33/h4-5,10-13,16-17,41H,2-3,6-9,15H2,1H3,(H,38,42). The molecule has 2 amide bonds. The molecule has 1 saturated heterocycles. The van der Waals surface area contributed by atoms with Crippen LogP contribution in [0.2, 0.25) is 10.0 Å². The number of amides is 2. The normalized spacial score (nSPS) is 15.6. The lowest BCUT2D eigenvalue weighted by Gasteiger charge is -2.33. The molecule has 1 aliphatic heterocycles. The fraction of sp³-hybridized carbons (Fsp3) is 0.355. The minimum atomic E-state index is -4.70. The SMILES string of the molecule is CN(Cc1cc(Cl)cc(-c2cc(-c3cc(C(F)(F)F)ccc3Cl)c(C#N)c(=O)[nH]2)c1O)C(=O)C1CCN(C(=O)C2CC2)CC1. The number of nitriles is 1. The number of halogens is 5. The maximum atomic E-state index is 13.5. The lowest BCUT2D eigenvalue weighted by molar-refractivity contribution is -0.140. The highest BCUT2D eigenvalue weighted by Gasteiger charge is 2.36. The van der Waals surface area contributed by atoms with Crippen molar-refractivity contribution in [2.45, 2.75) is 38.4 Å². The van der Waals surface area contributed by atoms with Gasteiger partial charge in [-0.05, 0) is 62.1 Å². The summed E-state index contributed by atoms with van der Waals surface area (Å²) in [5.41, 5.74) is -2.49. The van der Waals surface area contributed by atoms with Crippen molar-refractivity contribution < 1.29 is 27.9 Å². The van der Waals surface area contributed by atoms with E-state index >= 15 is 0 Å². The number of likely N-dealkylation sites (tertiary alicyclic amines) is 1. The minimum absolute atomic E-state index is 0.0274.